The number of piperidine rings is 1. The van der Waals surface area contributed by atoms with E-state index in [0.29, 0.717) is 23.7 Å². The van der Waals surface area contributed by atoms with Crippen LogP contribution in [0, 0.1) is 10.1 Å². The zero-order valence-corrected chi connectivity index (χ0v) is 11.7. The fraction of sp³-hybridized carbons (Fsp3) is 0.538. The Hall–Kier alpha value is -2.02. The van der Waals surface area contributed by atoms with Crippen molar-refractivity contribution in [1.29, 1.82) is 0 Å². The summed E-state index contributed by atoms with van der Waals surface area (Å²) in [5.41, 5.74) is 6.49. The molecule has 0 radical (unpaired) electrons. The minimum Gasteiger partial charge on any atom is -0.493 e. The molecule has 0 aliphatic carbocycles. The molecular weight excluding hydrogens is 262 g/mol. The molecule has 1 aliphatic heterocycles. The number of hydrogen-bond donors (Lipinski definition) is 1. The number of benzene rings is 1. The number of rotatable bonds is 4. The number of ether oxygens (including phenoxy) is 2. The number of methoxy groups -OCH3 is 2. The van der Waals surface area contributed by atoms with Crippen molar-refractivity contribution in [2.75, 3.05) is 32.2 Å². The number of nitro benzene ring substituents is 1. The maximum Gasteiger partial charge on any atom is 0.296 e. The Morgan fingerprint density at radius 3 is 2.55 bits per heavy atom. The molecule has 7 nitrogen and oxygen atoms in total. The van der Waals surface area contributed by atoms with Gasteiger partial charge in [0.1, 0.15) is 5.69 Å². The van der Waals surface area contributed by atoms with Crippen LogP contribution in [0.2, 0.25) is 0 Å². The molecule has 1 aromatic rings. The second-order valence-electron chi connectivity index (χ2n) is 4.80. The van der Waals surface area contributed by atoms with Crippen LogP contribution in [0.15, 0.2) is 12.1 Å². The van der Waals surface area contributed by atoms with E-state index in [1.807, 2.05) is 4.90 Å². The molecule has 7 heteroatoms. The number of nitrogens with two attached hydrogens (primary N) is 1. The summed E-state index contributed by atoms with van der Waals surface area (Å²) >= 11 is 0. The van der Waals surface area contributed by atoms with E-state index in [-0.39, 0.29) is 11.7 Å². The maximum absolute atomic E-state index is 11.3. The molecule has 0 amide bonds. The van der Waals surface area contributed by atoms with Crippen LogP contribution in [-0.2, 0) is 0 Å². The molecular formula is C13H19N3O4. The zero-order chi connectivity index (χ0) is 14.7. The van der Waals surface area contributed by atoms with Crippen molar-refractivity contribution in [1.82, 2.24) is 0 Å². The van der Waals surface area contributed by atoms with Gasteiger partial charge in [-0.1, -0.05) is 0 Å². The van der Waals surface area contributed by atoms with Crippen LogP contribution in [0.1, 0.15) is 12.8 Å². The van der Waals surface area contributed by atoms with Crippen LogP contribution in [-0.4, -0.2) is 38.3 Å². The maximum atomic E-state index is 11.3. The highest BCUT2D eigenvalue weighted by molar-refractivity contribution is 5.70. The molecule has 0 bridgehead atoms. The van der Waals surface area contributed by atoms with Gasteiger partial charge < -0.3 is 20.1 Å². The fourth-order valence-corrected chi connectivity index (χ4v) is 2.49. The van der Waals surface area contributed by atoms with E-state index in [0.717, 1.165) is 19.4 Å². The molecule has 1 atom stereocenters. The van der Waals surface area contributed by atoms with Gasteiger partial charge in [0.15, 0.2) is 11.5 Å². The summed E-state index contributed by atoms with van der Waals surface area (Å²) < 4.78 is 10.3. The number of nitro groups is 1. The standard InChI is InChI=1S/C13H19N3O4/c1-19-12-6-10(15-5-3-4-9(14)8-15)11(16(17)18)7-13(12)20-2/h6-7,9H,3-5,8,14H2,1-2H3/t9-/m1/s1. The van der Waals surface area contributed by atoms with Crippen molar-refractivity contribution in [2.45, 2.75) is 18.9 Å². The molecule has 0 aromatic heterocycles. The van der Waals surface area contributed by atoms with Crippen molar-refractivity contribution in [3.63, 3.8) is 0 Å². The highest BCUT2D eigenvalue weighted by Gasteiger charge is 2.26. The Morgan fingerprint density at radius 2 is 2.00 bits per heavy atom. The van der Waals surface area contributed by atoms with Gasteiger partial charge in [0.05, 0.1) is 25.2 Å². The quantitative estimate of drug-likeness (QED) is 0.665. The van der Waals surface area contributed by atoms with Crippen molar-refractivity contribution < 1.29 is 14.4 Å². The minimum atomic E-state index is -0.405. The van der Waals surface area contributed by atoms with Gasteiger partial charge >= 0.3 is 0 Å². The molecule has 110 valence electrons. The second kappa shape index (κ2) is 5.96. The van der Waals surface area contributed by atoms with Crippen LogP contribution in [0.5, 0.6) is 11.5 Å². The van der Waals surface area contributed by atoms with Crippen molar-refractivity contribution in [3.05, 3.63) is 22.2 Å². The lowest BCUT2D eigenvalue weighted by Crippen LogP contribution is -2.43. The molecule has 20 heavy (non-hydrogen) atoms. The molecule has 1 aromatic carbocycles. The zero-order valence-electron chi connectivity index (χ0n) is 11.7. The van der Waals surface area contributed by atoms with Gasteiger partial charge in [-0.05, 0) is 12.8 Å². The summed E-state index contributed by atoms with van der Waals surface area (Å²) in [6.45, 7) is 1.36. The van der Waals surface area contributed by atoms with Gasteiger partial charge in [-0.2, -0.15) is 0 Å². The Kier molecular flexibility index (Phi) is 4.29. The predicted molar refractivity (Wildman–Crippen MR) is 75.6 cm³/mol. The van der Waals surface area contributed by atoms with E-state index in [9.17, 15) is 10.1 Å². The Morgan fingerprint density at radius 1 is 1.35 bits per heavy atom. The molecule has 1 saturated heterocycles. The van der Waals surface area contributed by atoms with Gasteiger partial charge in [-0.15, -0.1) is 0 Å². The Balaban J connectivity index is 2.46. The Labute approximate surface area is 117 Å². The van der Waals surface area contributed by atoms with Crippen LogP contribution in [0.4, 0.5) is 11.4 Å². The highest BCUT2D eigenvalue weighted by Crippen LogP contribution is 2.40. The van der Waals surface area contributed by atoms with Crippen LogP contribution < -0.4 is 20.1 Å². The second-order valence-corrected chi connectivity index (χ2v) is 4.80. The minimum absolute atomic E-state index is 0.0109. The average molecular weight is 281 g/mol. The molecule has 2 rings (SSSR count). The molecule has 1 aliphatic rings. The third-order valence-electron chi connectivity index (χ3n) is 3.48. The van der Waals surface area contributed by atoms with Crippen molar-refractivity contribution >= 4 is 11.4 Å². The van der Waals surface area contributed by atoms with E-state index < -0.39 is 4.92 Å². The molecule has 0 unspecified atom stereocenters. The first-order chi connectivity index (χ1) is 9.56. The molecule has 0 spiro atoms. The lowest BCUT2D eigenvalue weighted by molar-refractivity contribution is -0.384. The SMILES string of the molecule is COc1cc(N2CCC[C@@H](N)C2)c([N+](=O)[O-])cc1OC. The lowest BCUT2D eigenvalue weighted by Gasteiger charge is -2.32. The van der Waals surface area contributed by atoms with Crippen molar-refractivity contribution in [2.24, 2.45) is 5.73 Å². The third kappa shape index (κ3) is 2.77. The Bertz CT molecular complexity index is 507. The first kappa shape index (κ1) is 14.4. The molecule has 1 heterocycles. The van der Waals surface area contributed by atoms with Gasteiger partial charge in [0, 0.05) is 25.2 Å². The monoisotopic (exact) mass is 281 g/mol. The summed E-state index contributed by atoms with van der Waals surface area (Å²) in [4.78, 5) is 12.8. The molecule has 0 saturated carbocycles. The van der Waals surface area contributed by atoms with Crippen LogP contribution in [0.3, 0.4) is 0 Å². The van der Waals surface area contributed by atoms with E-state index in [1.165, 1.54) is 20.3 Å². The third-order valence-corrected chi connectivity index (χ3v) is 3.48. The van der Waals surface area contributed by atoms with E-state index >= 15 is 0 Å². The number of anilines is 1. The highest BCUT2D eigenvalue weighted by atomic mass is 16.6. The fourth-order valence-electron chi connectivity index (χ4n) is 2.49. The van der Waals surface area contributed by atoms with E-state index in [4.69, 9.17) is 15.2 Å². The summed E-state index contributed by atoms with van der Waals surface area (Å²) in [6.07, 6.45) is 1.87. The molecule has 2 N–H and O–H groups in total. The first-order valence-corrected chi connectivity index (χ1v) is 6.47. The van der Waals surface area contributed by atoms with Gasteiger partial charge in [0.25, 0.3) is 5.69 Å². The normalized spacial score (nSPS) is 18.8. The number of hydrogen-bond acceptors (Lipinski definition) is 6. The summed E-state index contributed by atoms with van der Waals surface area (Å²) in [5.74, 6) is 0.830. The van der Waals surface area contributed by atoms with Gasteiger partial charge in [0.2, 0.25) is 0 Å². The smallest absolute Gasteiger partial charge is 0.296 e. The van der Waals surface area contributed by atoms with Gasteiger partial charge in [-0.3, -0.25) is 10.1 Å². The first-order valence-electron chi connectivity index (χ1n) is 6.47. The lowest BCUT2D eigenvalue weighted by atomic mass is 10.1. The number of nitrogens with zero attached hydrogens (tertiary/aromatic N) is 2. The summed E-state index contributed by atoms with van der Waals surface area (Å²) in [7, 11) is 2.97. The predicted octanol–water partition coefficient (Wildman–Crippen LogP) is 1.54. The van der Waals surface area contributed by atoms with Gasteiger partial charge in [-0.25, -0.2) is 0 Å². The van der Waals surface area contributed by atoms with Crippen molar-refractivity contribution in [3.8, 4) is 11.5 Å². The summed E-state index contributed by atoms with van der Waals surface area (Å²) in [5, 5.41) is 11.3. The van der Waals surface area contributed by atoms with Crippen LogP contribution in [0.25, 0.3) is 0 Å². The largest absolute Gasteiger partial charge is 0.493 e. The molecule has 1 fully saturated rings. The van der Waals surface area contributed by atoms with Crippen LogP contribution >= 0.6 is 0 Å². The topological polar surface area (TPSA) is 90.9 Å². The van der Waals surface area contributed by atoms with E-state index in [2.05, 4.69) is 0 Å². The average Bonchev–Trinajstić information content (AvgIpc) is 2.45. The summed E-state index contributed by atoms with van der Waals surface area (Å²) in [6, 6.07) is 3.08. The van der Waals surface area contributed by atoms with E-state index in [1.54, 1.807) is 6.07 Å².